The van der Waals surface area contributed by atoms with Crippen molar-refractivity contribution in [1.82, 2.24) is 19.0 Å². The molecule has 1 N–H and O–H groups in total. The molecule has 5 aromatic rings. The van der Waals surface area contributed by atoms with Crippen LogP contribution in [0, 0.1) is 17.8 Å². The van der Waals surface area contributed by atoms with Crippen LogP contribution >= 0.6 is 0 Å². The highest BCUT2D eigenvalue weighted by Crippen LogP contribution is 2.44. The number of carbonyl (C=O) groups excluding carboxylic acids is 2. The molecule has 2 saturated carbocycles. The maximum atomic E-state index is 13.8. The third kappa shape index (κ3) is 4.61. The third-order valence-corrected chi connectivity index (χ3v) is 10.5. The number of fused-ring (bicyclic) bond motifs is 4. The normalized spacial score (nSPS) is 20.8. The monoisotopic (exact) mass is 601 g/mol. The fourth-order valence-electron chi connectivity index (χ4n) is 7.96. The van der Waals surface area contributed by atoms with Gasteiger partial charge in [-0.3, -0.25) is 9.59 Å². The number of anilines is 1. The van der Waals surface area contributed by atoms with Gasteiger partial charge < -0.3 is 24.1 Å². The lowest BCUT2D eigenvalue weighted by Crippen LogP contribution is -2.38. The molecular weight excluding hydrogens is 562 g/mol. The Morgan fingerprint density at radius 1 is 1.00 bits per heavy atom. The number of aryl methyl sites for hydroxylation is 1. The minimum absolute atomic E-state index is 0.0819. The fraction of sp³-hybridized carbons (Fsp3) is 0.378. The van der Waals surface area contributed by atoms with Gasteiger partial charge in [-0.1, -0.05) is 37.3 Å². The van der Waals surface area contributed by atoms with Gasteiger partial charge >= 0.3 is 0 Å². The summed E-state index contributed by atoms with van der Waals surface area (Å²) in [6.07, 6.45) is 4.77. The second-order valence-corrected chi connectivity index (χ2v) is 13.3. The molecule has 230 valence electrons. The number of methoxy groups -OCH3 is 1. The van der Waals surface area contributed by atoms with E-state index in [-0.39, 0.29) is 11.8 Å². The Kier molecular flexibility index (Phi) is 6.52. The van der Waals surface area contributed by atoms with Gasteiger partial charge in [0.15, 0.2) is 5.82 Å². The molecule has 2 unspecified atom stereocenters. The number of nitrogens with zero attached hydrogens (tertiary/aromatic N) is 4. The molecule has 2 aromatic heterocycles. The lowest BCUT2D eigenvalue weighted by Gasteiger charge is -2.27. The van der Waals surface area contributed by atoms with Gasteiger partial charge in [-0.2, -0.15) is 0 Å². The number of imidazole rings is 1. The van der Waals surface area contributed by atoms with Crippen LogP contribution in [0.25, 0.3) is 44.6 Å². The first-order valence-corrected chi connectivity index (χ1v) is 16.2. The number of piperidine rings is 1. The van der Waals surface area contributed by atoms with E-state index in [1.165, 1.54) is 31.7 Å². The number of ether oxygens (including phenoxy) is 1. The number of para-hydroxylation sites is 1. The second-order valence-electron chi connectivity index (χ2n) is 13.3. The molecule has 3 fully saturated rings. The van der Waals surface area contributed by atoms with E-state index in [9.17, 15) is 9.59 Å². The average molecular weight is 602 g/mol. The SMILES string of the molecule is COc1cc(C(=O)N2CC3CCC2[C@@H]3C)cc2nc(-c3cc4cccc(-c5ccc(NC(C)=O)cc5)c4n3CC3CC3)n(C)c12. The third-order valence-electron chi connectivity index (χ3n) is 10.5. The van der Waals surface area contributed by atoms with Crippen molar-refractivity contribution in [3.8, 4) is 28.4 Å². The predicted octanol–water partition coefficient (Wildman–Crippen LogP) is 7.11. The minimum atomic E-state index is -0.0824. The molecule has 3 heterocycles. The molecule has 0 spiro atoms. The van der Waals surface area contributed by atoms with Crippen LogP contribution in [0.3, 0.4) is 0 Å². The van der Waals surface area contributed by atoms with E-state index < -0.39 is 0 Å². The van der Waals surface area contributed by atoms with Crippen LogP contribution in [0.2, 0.25) is 0 Å². The molecule has 1 aliphatic heterocycles. The number of rotatable bonds is 7. The number of hydrogen-bond donors (Lipinski definition) is 1. The zero-order valence-electron chi connectivity index (χ0n) is 26.3. The van der Waals surface area contributed by atoms with Crippen molar-refractivity contribution in [2.75, 3.05) is 19.0 Å². The Balaban J connectivity index is 1.24. The fourth-order valence-corrected chi connectivity index (χ4v) is 7.96. The van der Waals surface area contributed by atoms with Crippen LogP contribution in [-0.2, 0) is 18.4 Å². The van der Waals surface area contributed by atoms with Crippen molar-refractivity contribution in [1.29, 1.82) is 0 Å². The van der Waals surface area contributed by atoms with E-state index in [1.807, 2.05) is 31.3 Å². The van der Waals surface area contributed by atoms with Gasteiger partial charge in [0.25, 0.3) is 5.91 Å². The van der Waals surface area contributed by atoms with Crippen molar-refractivity contribution in [3.05, 3.63) is 66.2 Å². The van der Waals surface area contributed by atoms with E-state index in [2.05, 4.69) is 62.7 Å². The highest BCUT2D eigenvalue weighted by atomic mass is 16.5. The number of carbonyl (C=O) groups is 2. The number of benzene rings is 3. The topological polar surface area (TPSA) is 81.4 Å². The van der Waals surface area contributed by atoms with Crippen LogP contribution in [0.15, 0.2) is 60.7 Å². The largest absolute Gasteiger partial charge is 0.494 e. The summed E-state index contributed by atoms with van der Waals surface area (Å²) in [6, 6.07) is 20.9. The molecule has 3 aliphatic rings. The van der Waals surface area contributed by atoms with Crippen LogP contribution in [0.4, 0.5) is 5.69 Å². The second kappa shape index (κ2) is 10.5. The summed E-state index contributed by atoms with van der Waals surface area (Å²) in [7, 11) is 3.71. The van der Waals surface area contributed by atoms with Gasteiger partial charge in [-0.15, -0.1) is 0 Å². The minimum Gasteiger partial charge on any atom is -0.494 e. The smallest absolute Gasteiger partial charge is 0.254 e. The Hall–Kier alpha value is -4.59. The zero-order chi connectivity index (χ0) is 31.0. The Bertz CT molecular complexity index is 1980. The predicted molar refractivity (Wildman–Crippen MR) is 177 cm³/mol. The molecular formula is C37H39N5O3. The lowest BCUT2D eigenvalue weighted by molar-refractivity contribution is -0.114. The van der Waals surface area contributed by atoms with Crippen LogP contribution < -0.4 is 10.1 Å². The summed E-state index contributed by atoms with van der Waals surface area (Å²) in [5, 5.41) is 4.02. The summed E-state index contributed by atoms with van der Waals surface area (Å²) < 4.78 is 10.5. The summed E-state index contributed by atoms with van der Waals surface area (Å²) in [6.45, 7) is 5.57. The van der Waals surface area contributed by atoms with Crippen LogP contribution in [0.1, 0.15) is 49.9 Å². The van der Waals surface area contributed by atoms with E-state index in [0.717, 1.165) is 64.3 Å². The van der Waals surface area contributed by atoms with Gasteiger partial charge in [-0.05, 0) is 79.3 Å². The van der Waals surface area contributed by atoms with Crippen molar-refractivity contribution in [3.63, 3.8) is 0 Å². The summed E-state index contributed by atoms with van der Waals surface area (Å²) >= 11 is 0. The van der Waals surface area contributed by atoms with E-state index >= 15 is 0 Å². The van der Waals surface area contributed by atoms with E-state index in [0.29, 0.717) is 35.1 Å². The van der Waals surface area contributed by atoms with Gasteiger partial charge in [-0.25, -0.2) is 4.98 Å². The molecule has 45 heavy (non-hydrogen) atoms. The lowest BCUT2D eigenvalue weighted by atomic mass is 10.0. The molecule has 8 nitrogen and oxygen atoms in total. The Morgan fingerprint density at radius 2 is 1.80 bits per heavy atom. The molecule has 2 aliphatic carbocycles. The highest BCUT2D eigenvalue weighted by molar-refractivity contribution is 6.02. The van der Waals surface area contributed by atoms with Crippen molar-refractivity contribution in [2.45, 2.75) is 52.1 Å². The van der Waals surface area contributed by atoms with Crippen molar-refractivity contribution in [2.24, 2.45) is 24.8 Å². The first-order valence-electron chi connectivity index (χ1n) is 16.2. The maximum absolute atomic E-state index is 13.8. The number of hydrogen-bond acceptors (Lipinski definition) is 4. The van der Waals surface area contributed by atoms with E-state index in [1.54, 1.807) is 7.11 Å². The molecule has 3 aromatic carbocycles. The highest BCUT2D eigenvalue weighted by Gasteiger charge is 2.46. The van der Waals surface area contributed by atoms with Crippen molar-refractivity contribution >= 4 is 39.4 Å². The zero-order valence-corrected chi connectivity index (χ0v) is 26.3. The molecule has 3 atom stereocenters. The van der Waals surface area contributed by atoms with Gasteiger partial charge in [0.1, 0.15) is 11.3 Å². The first-order chi connectivity index (χ1) is 21.8. The van der Waals surface area contributed by atoms with Crippen LogP contribution in [-0.4, -0.2) is 50.5 Å². The summed E-state index contributed by atoms with van der Waals surface area (Å²) in [4.78, 5) is 32.7. The standard InChI is InChI=1S/C37H39N5O3/c1-21-26-12-15-31(21)42(20-26)37(44)27-16-30-35(33(18-27)45-4)40(3)36(39-30)32-17-25-6-5-7-29(34(25)41(32)19-23-8-9-23)24-10-13-28(14-11-24)38-22(2)43/h5-7,10-11,13-14,16-18,21,23,26,31H,8-9,12,15,19-20H2,1-4H3,(H,38,43)/t21-,26?,31?/m1/s1. The maximum Gasteiger partial charge on any atom is 0.254 e. The van der Waals surface area contributed by atoms with Gasteiger partial charge in [0.05, 0.1) is 23.8 Å². The van der Waals surface area contributed by atoms with E-state index in [4.69, 9.17) is 9.72 Å². The van der Waals surface area contributed by atoms with Crippen LogP contribution in [0.5, 0.6) is 5.75 Å². The Labute approximate surface area is 263 Å². The molecule has 8 heteroatoms. The van der Waals surface area contributed by atoms with Gasteiger partial charge in [0.2, 0.25) is 5.91 Å². The average Bonchev–Trinajstić information content (AvgIpc) is 3.42. The molecule has 8 rings (SSSR count). The molecule has 2 bridgehead atoms. The molecule has 2 amide bonds. The Morgan fingerprint density at radius 3 is 2.47 bits per heavy atom. The number of nitrogens with one attached hydrogen (secondary N) is 1. The quantitative estimate of drug-likeness (QED) is 0.216. The van der Waals surface area contributed by atoms with Crippen molar-refractivity contribution < 1.29 is 14.3 Å². The van der Waals surface area contributed by atoms with Gasteiger partial charge in [0, 0.05) is 55.3 Å². The number of aromatic nitrogens is 3. The molecule has 0 radical (unpaired) electrons. The molecule has 1 saturated heterocycles. The first kappa shape index (κ1) is 27.9. The summed E-state index contributed by atoms with van der Waals surface area (Å²) in [5.41, 5.74) is 7.56. The number of likely N-dealkylation sites (tertiary alicyclic amines) is 1. The number of amides is 2. The summed E-state index contributed by atoms with van der Waals surface area (Å²) in [5.74, 6) is 3.33.